The molecule has 0 saturated carbocycles. The highest BCUT2D eigenvalue weighted by Crippen LogP contribution is 2.35. The first-order chi connectivity index (χ1) is 5.16. The molecule has 11 heavy (non-hydrogen) atoms. The Balaban J connectivity index is 3.25. The summed E-state index contributed by atoms with van der Waals surface area (Å²) >= 11 is 5.54. The summed E-state index contributed by atoms with van der Waals surface area (Å²) in [6, 6.07) is 3.04. The molecular formula is C8H8ClO2. The zero-order valence-electron chi connectivity index (χ0n) is 6.00. The second-order valence-corrected chi connectivity index (χ2v) is 2.50. The number of phenolic OH excluding ortho intramolecular Hbond substituents is 2. The van der Waals surface area contributed by atoms with Crippen molar-refractivity contribution < 1.29 is 10.2 Å². The van der Waals surface area contributed by atoms with Crippen LogP contribution in [-0.4, -0.2) is 10.2 Å². The van der Waals surface area contributed by atoms with E-state index in [2.05, 4.69) is 0 Å². The first-order valence-corrected chi connectivity index (χ1v) is 3.54. The molecule has 0 aliphatic heterocycles. The fraction of sp³-hybridized carbons (Fsp3) is 0.125. The summed E-state index contributed by atoms with van der Waals surface area (Å²) in [7, 11) is 0. The van der Waals surface area contributed by atoms with Crippen LogP contribution in [0, 0.1) is 6.42 Å². The van der Waals surface area contributed by atoms with Crippen LogP contribution in [0.1, 0.15) is 12.5 Å². The van der Waals surface area contributed by atoms with Crippen LogP contribution < -0.4 is 0 Å². The molecule has 3 heteroatoms. The predicted octanol–water partition coefficient (Wildman–Crippen LogP) is 2.32. The van der Waals surface area contributed by atoms with E-state index in [0.29, 0.717) is 5.56 Å². The third kappa shape index (κ3) is 1.40. The standard InChI is InChI=1S/C8H8ClO2/c1-2-5-3-4-6(10)7(9)8(5)11/h2-4,10-11H,1H3. The van der Waals surface area contributed by atoms with Crippen LogP contribution in [0.15, 0.2) is 12.1 Å². The van der Waals surface area contributed by atoms with Crippen molar-refractivity contribution in [2.75, 3.05) is 0 Å². The number of hydrogen-bond acceptors (Lipinski definition) is 2. The molecule has 0 aromatic heterocycles. The van der Waals surface area contributed by atoms with Crippen LogP contribution in [0.2, 0.25) is 5.02 Å². The third-order valence-electron chi connectivity index (χ3n) is 1.44. The summed E-state index contributed by atoms with van der Waals surface area (Å²) in [6.07, 6.45) is 1.71. The average molecular weight is 172 g/mol. The molecule has 0 aliphatic carbocycles. The maximum absolute atomic E-state index is 9.26. The normalized spacial score (nSPS) is 10.0. The summed E-state index contributed by atoms with van der Waals surface area (Å²) < 4.78 is 0. The van der Waals surface area contributed by atoms with Gasteiger partial charge in [0.25, 0.3) is 0 Å². The van der Waals surface area contributed by atoms with E-state index >= 15 is 0 Å². The van der Waals surface area contributed by atoms with Crippen molar-refractivity contribution in [3.63, 3.8) is 0 Å². The van der Waals surface area contributed by atoms with E-state index in [9.17, 15) is 5.11 Å². The molecule has 1 rings (SSSR count). The Morgan fingerprint density at radius 1 is 1.36 bits per heavy atom. The lowest BCUT2D eigenvalue weighted by atomic mass is 10.1. The van der Waals surface area contributed by atoms with Gasteiger partial charge in [-0.15, -0.1) is 0 Å². The van der Waals surface area contributed by atoms with Gasteiger partial charge < -0.3 is 10.2 Å². The number of halogens is 1. The molecule has 1 aromatic carbocycles. The van der Waals surface area contributed by atoms with E-state index in [0.717, 1.165) is 0 Å². The average Bonchev–Trinajstić information content (AvgIpc) is 2.01. The number of aromatic hydroxyl groups is 2. The van der Waals surface area contributed by atoms with Crippen molar-refractivity contribution in [1.82, 2.24) is 0 Å². The first-order valence-electron chi connectivity index (χ1n) is 3.16. The van der Waals surface area contributed by atoms with Crippen molar-refractivity contribution in [3.8, 4) is 11.5 Å². The smallest absolute Gasteiger partial charge is 0.141 e. The van der Waals surface area contributed by atoms with Crippen LogP contribution in [-0.2, 0) is 0 Å². The summed E-state index contributed by atoms with van der Waals surface area (Å²) in [5.41, 5.74) is 0.618. The topological polar surface area (TPSA) is 40.5 Å². The predicted molar refractivity (Wildman–Crippen MR) is 43.9 cm³/mol. The molecule has 1 aromatic rings. The molecule has 1 radical (unpaired) electrons. The first kappa shape index (κ1) is 8.21. The van der Waals surface area contributed by atoms with Gasteiger partial charge in [0, 0.05) is 0 Å². The highest BCUT2D eigenvalue weighted by atomic mass is 35.5. The van der Waals surface area contributed by atoms with Crippen molar-refractivity contribution in [2.45, 2.75) is 6.92 Å². The fourth-order valence-corrected chi connectivity index (χ4v) is 0.974. The number of rotatable bonds is 1. The van der Waals surface area contributed by atoms with E-state index in [1.165, 1.54) is 6.07 Å². The summed E-state index contributed by atoms with van der Waals surface area (Å²) in [5.74, 6) is -0.177. The van der Waals surface area contributed by atoms with Gasteiger partial charge in [-0.1, -0.05) is 24.6 Å². The summed E-state index contributed by atoms with van der Waals surface area (Å²) in [5, 5.41) is 18.3. The molecule has 2 N–H and O–H groups in total. The molecule has 0 aliphatic rings. The molecule has 0 fully saturated rings. The Bertz CT molecular complexity index is 271. The lowest BCUT2D eigenvalue weighted by Crippen LogP contribution is -1.79. The van der Waals surface area contributed by atoms with Gasteiger partial charge in [-0.25, -0.2) is 0 Å². The lowest BCUT2D eigenvalue weighted by Gasteiger charge is -2.03. The van der Waals surface area contributed by atoms with Crippen LogP contribution in [0.5, 0.6) is 11.5 Å². The van der Waals surface area contributed by atoms with Gasteiger partial charge in [-0.2, -0.15) is 0 Å². The van der Waals surface area contributed by atoms with E-state index < -0.39 is 0 Å². The van der Waals surface area contributed by atoms with Gasteiger partial charge in [0.1, 0.15) is 16.5 Å². The van der Waals surface area contributed by atoms with Crippen LogP contribution >= 0.6 is 11.6 Å². The molecule has 0 atom stereocenters. The molecule has 0 amide bonds. The number of benzene rings is 1. The number of phenols is 2. The molecule has 0 heterocycles. The quantitative estimate of drug-likeness (QED) is 0.681. The van der Waals surface area contributed by atoms with Gasteiger partial charge in [0.05, 0.1) is 0 Å². The van der Waals surface area contributed by atoms with E-state index in [1.54, 1.807) is 19.4 Å². The Hall–Kier alpha value is -0.890. The van der Waals surface area contributed by atoms with Gasteiger partial charge in [-0.05, 0) is 18.1 Å². The highest BCUT2D eigenvalue weighted by molar-refractivity contribution is 6.33. The zero-order chi connectivity index (χ0) is 8.43. The van der Waals surface area contributed by atoms with Crippen LogP contribution in [0.25, 0.3) is 0 Å². The van der Waals surface area contributed by atoms with Crippen LogP contribution in [0.4, 0.5) is 0 Å². The van der Waals surface area contributed by atoms with E-state index in [1.807, 2.05) is 0 Å². The maximum Gasteiger partial charge on any atom is 0.141 e. The molecule has 0 saturated heterocycles. The van der Waals surface area contributed by atoms with E-state index in [4.69, 9.17) is 16.7 Å². The molecular weight excluding hydrogens is 164 g/mol. The third-order valence-corrected chi connectivity index (χ3v) is 1.81. The van der Waals surface area contributed by atoms with Gasteiger partial charge in [0.2, 0.25) is 0 Å². The zero-order valence-corrected chi connectivity index (χ0v) is 6.76. The van der Waals surface area contributed by atoms with Gasteiger partial charge in [-0.3, -0.25) is 0 Å². The van der Waals surface area contributed by atoms with Crippen molar-refractivity contribution in [1.29, 1.82) is 0 Å². The summed E-state index contributed by atoms with van der Waals surface area (Å²) in [6.45, 7) is 1.78. The molecule has 0 bridgehead atoms. The van der Waals surface area contributed by atoms with Crippen molar-refractivity contribution in [3.05, 3.63) is 29.1 Å². The molecule has 59 valence electrons. The minimum atomic E-state index is -0.102. The lowest BCUT2D eigenvalue weighted by molar-refractivity contribution is 0.449. The largest absolute Gasteiger partial charge is 0.506 e. The molecule has 0 unspecified atom stereocenters. The fourth-order valence-electron chi connectivity index (χ4n) is 0.802. The minimum absolute atomic E-state index is 0.000556. The maximum atomic E-state index is 9.26. The second kappa shape index (κ2) is 3.01. The monoisotopic (exact) mass is 171 g/mol. The Kier molecular flexibility index (Phi) is 2.25. The molecule has 0 spiro atoms. The van der Waals surface area contributed by atoms with Crippen molar-refractivity contribution in [2.24, 2.45) is 0 Å². The Labute approximate surface area is 70.1 Å². The van der Waals surface area contributed by atoms with Gasteiger partial charge in [0.15, 0.2) is 0 Å². The van der Waals surface area contributed by atoms with Crippen molar-refractivity contribution >= 4 is 11.6 Å². The highest BCUT2D eigenvalue weighted by Gasteiger charge is 2.07. The molecule has 2 nitrogen and oxygen atoms in total. The van der Waals surface area contributed by atoms with Gasteiger partial charge >= 0.3 is 0 Å². The second-order valence-electron chi connectivity index (χ2n) is 2.13. The minimum Gasteiger partial charge on any atom is -0.506 e. The van der Waals surface area contributed by atoms with E-state index in [-0.39, 0.29) is 16.5 Å². The van der Waals surface area contributed by atoms with Crippen LogP contribution in [0.3, 0.4) is 0 Å². The SMILES string of the molecule is C[CH]c1ccc(O)c(Cl)c1O. The summed E-state index contributed by atoms with van der Waals surface area (Å²) in [4.78, 5) is 0. The Morgan fingerprint density at radius 2 is 2.00 bits per heavy atom. The Morgan fingerprint density at radius 3 is 2.55 bits per heavy atom. The number of hydrogen-bond donors (Lipinski definition) is 2.